The molecule has 0 aliphatic heterocycles. The summed E-state index contributed by atoms with van der Waals surface area (Å²) in [6.07, 6.45) is -4.93. The van der Waals surface area contributed by atoms with Gasteiger partial charge >= 0.3 is 12.1 Å². The lowest BCUT2D eigenvalue weighted by Gasteiger charge is -2.17. The molecule has 0 aliphatic rings. The van der Waals surface area contributed by atoms with Gasteiger partial charge in [-0.2, -0.15) is 13.2 Å². The van der Waals surface area contributed by atoms with Gasteiger partial charge in [-0.25, -0.2) is 0 Å². The second kappa shape index (κ2) is 11.8. The van der Waals surface area contributed by atoms with Crippen molar-refractivity contribution < 1.29 is 36.9 Å². The highest BCUT2D eigenvalue weighted by Gasteiger charge is 2.43. The van der Waals surface area contributed by atoms with Gasteiger partial charge in [0.1, 0.15) is 17.0 Å². The zero-order chi connectivity index (χ0) is 27.3. The Balaban J connectivity index is 1.93. The van der Waals surface area contributed by atoms with Gasteiger partial charge in [-0.05, 0) is 43.4 Å². The second-order valence-electron chi connectivity index (χ2n) is 9.25. The third kappa shape index (κ3) is 7.58. The summed E-state index contributed by atoms with van der Waals surface area (Å²) in [6, 6.07) is 6.26. The first-order valence-corrected chi connectivity index (χ1v) is 12.0. The third-order valence-electron chi connectivity index (χ3n) is 5.69. The molecule has 1 amide bonds. The van der Waals surface area contributed by atoms with Crippen LogP contribution in [0.4, 0.5) is 18.9 Å². The summed E-state index contributed by atoms with van der Waals surface area (Å²) in [5.74, 6) is -2.99. The Morgan fingerprint density at radius 2 is 1.86 bits per heavy atom. The van der Waals surface area contributed by atoms with Gasteiger partial charge in [0, 0.05) is 31.2 Å². The highest BCUT2D eigenvalue weighted by Crippen LogP contribution is 2.43. The molecule has 0 unspecified atom stereocenters. The number of aromatic nitrogens is 2. The maximum absolute atomic E-state index is 14.2. The molecule has 0 spiro atoms. The average Bonchev–Trinajstić information content (AvgIpc) is 3.44. The summed E-state index contributed by atoms with van der Waals surface area (Å²) >= 11 is 6.14. The van der Waals surface area contributed by atoms with E-state index in [1.54, 1.807) is 18.2 Å². The van der Waals surface area contributed by atoms with E-state index in [4.69, 9.17) is 25.8 Å². The number of alkyl halides is 3. The van der Waals surface area contributed by atoms with Crippen molar-refractivity contribution in [3.05, 3.63) is 51.9 Å². The molecule has 8 nitrogen and oxygen atoms in total. The molecule has 2 aromatic heterocycles. The minimum Gasteiger partial charge on any atom is -0.481 e. The fourth-order valence-electron chi connectivity index (χ4n) is 3.78. The lowest BCUT2D eigenvalue weighted by molar-refractivity contribution is -0.138. The summed E-state index contributed by atoms with van der Waals surface area (Å²) in [7, 11) is 0. The first-order chi connectivity index (χ1) is 17.3. The first kappa shape index (κ1) is 28.2. The van der Waals surface area contributed by atoms with Crippen molar-refractivity contribution >= 4 is 29.2 Å². The summed E-state index contributed by atoms with van der Waals surface area (Å²) in [5, 5.41) is 19.3. The maximum atomic E-state index is 14.2. The molecule has 37 heavy (non-hydrogen) atoms. The lowest BCUT2D eigenvalue weighted by Crippen LogP contribution is -2.19. The van der Waals surface area contributed by atoms with Crippen LogP contribution in [0.15, 0.2) is 33.3 Å². The second-order valence-corrected chi connectivity index (χ2v) is 9.65. The smallest absolute Gasteiger partial charge is 0.422 e. The largest absolute Gasteiger partial charge is 0.481 e. The van der Waals surface area contributed by atoms with E-state index in [0.717, 1.165) is 12.0 Å². The van der Waals surface area contributed by atoms with Gasteiger partial charge in [-0.1, -0.05) is 41.8 Å². The van der Waals surface area contributed by atoms with Gasteiger partial charge in [-0.3, -0.25) is 9.59 Å². The molecule has 0 saturated heterocycles. The van der Waals surface area contributed by atoms with Crippen LogP contribution in [0.5, 0.6) is 0 Å². The molecule has 12 heteroatoms. The molecular formula is C25H27ClF3N3O5. The van der Waals surface area contributed by atoms with Crippen molar-refractivity contribution in [2.24, 2.45) is 5.92 Å². The standard InChI is InChI=1S/C25H27ClF3N3O5/c1-13(2)4-7-16-12-19(31-36-16)24-22(25(27,28)29)23(32-37-24)15(6-9-21(34)35)11-20(33)30-18-8-5-14(3)10-17(18)26/h5,8,10,12-13,15H,4,6-7,9,11H2,1-3H3,(H,30,33)(H,34,35)/t15-/m0/s1. The Kier molecular flexibility index (Phi) is 9.01. The van der Waals surface area contributed by atoms with Gasteiger partial charge in [0.2, 0.25) is 11.7 Å². The van der Waals surface area contributed by atoms with Crippen LogP contribution in [0.1, 0.15) is 68.0 Å². The van der Waals surface area contributed by atoms with E-state index in [-0.39, 0.29) is 22.8 Å². The van der Waals surface area contributed by atoms with Crippen LogP contribution in [-0.4, -0.2) is 27.3 Å². The number of aliphatic carboxylic acids is 1. The van der Waals surface area contributed by atoms with E-state index < -0.39 is 53.8 Å². The summed E-state index contributed by atoms with van der Waals surface area (Å²) < 4.78 is 52.9. The number of nitrogens with zero attached hydrogens (tertiary/aromatic N) is 2. The van der Waals surface area contributed by atoms with Crippen LogP contribution < -0.4 is 5.32 Å². The highest BCUT2D eigenvalue weighted by molar-refractivity contribution is 6.33. The molecule has 3 rings (SSSR count). The topological polar surface area (TPSA) is 118 Å². The van der Waals surface area contributed by atoms with Crippen molar-refractivity contribution in [3.63, 3.8) is 0 Å². The molecule has 0 bridgehead atoms. The molecule has 2 N–H and O–H groups in total. The van der Waals surface area contributed by atoms with Crippen molar-refractivity contribution in [3.8, 4) is 11.5 Å². The van der Waals surface area contributed by atoms with E-state index >= 15 is 0 Å². The fourth-order valence-corrected chi connectivity index (χ4v) is 4.06. The van der Waals surface area contributed by atoms with E-state index in [1.165, 1.54) is 6.07 Å². The zero-order valence-corrected chi connectivity index (χ0v) is 21.2. The maximum Gasteiger partial charge on any atom is 0.422 e. The van der Waals surface area contributed by atoms with E-state index in [0.29, 0.717) is 18.1 Å². The number of rotatable bonds is 11. The molecular weight excluding hydrogens is 515 g/mol. The summed E-state index contributed by atoms with van der Waals surface area (Å²) in [5.41, 5.74) is -0.832. The number of carbonyl (C=O) groups excluding carboxylic acids is 1. The number of hydrogen-bond donors (Lipinski definition) is 2. The average molecular weight is 542 g/mol. The minimum atomic E-state index is -4.92. The number of carboxylic acids is 1. The monoisotopic (exact) mass is 541 g/mol. The van der Waals surface area contributed by atoms with Crippen LogP contribution in [0, 0.1) is 12.8 Å². The number of benzene rings is 1. The van der Waals surface area contributed by atoms with Gasteiger partial charge in [0.15, 0.2) is 5.69 Å². The normalized spacial score (nSPS) is 12.6. The van der Waals surface area contributed by atoms with Crippen molar-refractivity contribution in [1.29, 1.82) is 0 Å². The highest BCUT2D eigenvalue weighted by atomic mass is 35.5. The fraction of sp³-hybridized carbons (Fsp3) is 0.440. The van der Waals surface area contributed by atoms with Gasteiger partial charge in [0.05, 0.1) is 10.7 Å². The number of aryl methyl sites for hydroxylation is 2. The number of hydrogen-bond acceptors (Lipinski definition) is 6. The molecule has 0 radical (unpaired) electrons. The molecule has 0 aliphatic carbocycles. The predicted molar refractivity (Wildman–Crippen MR) is 129 cm³/mol. The van der Waals surface area contributed by atoms with Crippen molar-refractivity contribution in [2.45, 2.75) is 65.0 Å². The van der Waals surface area contributed by atoms with Crippen LogP contribution in [0.2, 0.25) is 5.02 Å². The molecule has 1 aromatic carbocycles. The molecule has 2 heterocycles. The van der Waals surface area contributed by atoms with Crippen molar-refractivity contribution in [1.82, 2.24) is 10.3 Å². The quantitative estimate of drug-likeness (QED) is 0.272. The van der Waals surface area contributed by atoms with Crippen LogP contribution in [0.3, 0.4) is 0 Å². The summed E-state index contributed by atoms with van der Waals surface area (Å²) in [4.78, 5) is 24.0. The summed E-state index contributed by atoms with van der Waals surface area (Å²) in [6.45, 7) is 5.81. The Morgan fingerprint density at radius 3 is 2.49 bits per heavy atom. The SMILES string of the molecule is Cc1ccc(NC(=O)C[C@H](CCC(=O)O)c2noc(-c3cc(CCC(C)C)on3)c2C(F)(F)F)c(Cl)c1. The minimum absolute atomic E-state index is 0.183. The van der Waals surface area contributed by atoms with Crippen LogP contribution in [-0.2, 0) is 22.2 Å². The van der Waals surface area contributed by atoms with Gasteiger partial charge < -0.3 is 19.5 Å². The predicted octanol–water partition coefficient (Wildman–Crippen LogP) is 6.88. The molecule has 200 valence electrons. The van der Waals surface area contributed by atoms with Crippen LogP contribution >= 0.6 is 11.6 Å². The number of carbonyl (C=O) groups is 2. The molecule has 0 saturated carbocycles. The first-order valence-electron chi connectivity index (χ1n) is 11.7. The Bertz CT molecular complexity index is 1250. The lowest BCUT2D eigenvalue weighted by atomic mass is 9.91. The number of nitrogens with one attached hydrogen (secondary N) is 1. The third-order valence-corrected chi connectivity index (χ3v) is 6.00. The van der Waals surface area contributed by atoms with E-state index in [1.807, 2.05) is 20.8 Å². The van der Waals surface area contributed by atoms with Crippen LogP contribution in [0.25, 0.3) is 11.5 Å². The van der Waals surface area contributed by atoms with Crippen molar-refractivity contribution in [2.75, 3.05) is 5.32 Å². The molecule has 0 fully saturated rings. The van der Waals surface area contributed by atoms with E-state index in [2.05, 4.69) is 15.6 Å². The Hall–Kier alpha value is -3.34. The zero-order valence-electron chi connectivity index (χ0n) is 20.5. The Labute approximate surface area is 216 Å². The molecule has 1 atom stereocenters. The molecule has 3 aromatic rings. The number of halogens is 4. The number of anilines is 1. The van der Waals surface area contributed by atoms with Gasteiger partial charge in [0.25, 0.3) is 0 Å². The van der Waals surface area contributed by atoms with E-state index in [9.17, 15) is 22.8 Å². The number of amides is 1. The van der Waals surface area contributed by atoms with Gasteiger partial charge in [-0.15, -0.1) is 0 Å². The number of carboxylic acid groups (broad SMARTS) is 1. The Morgan fingerprint density at radius 1 is 1.14 bits per heavy atom.